The van der Waals surface area contributed by atoms with Gasteiger partial charge in [-0.3, -0.25) is 19.2 Å². The monoisotopic (exact) mass is 479 g/mol. The fraction of sp³-hybridized carbons (Fsp3) is 0.833. The van der Waals surface area contributed by atoms with Gasteiger partial charge in [0.15, 0.2) is 0 Å². The number of primary amides is 1. The molecule has 0 bridgehead atoms. The number of rotatable bonds is 7. The van der Waals surface area contributed by atoms with Crippen molar-refractivity contribution in [3.05, 3.63) is 0 Å². The average molecular weight is 480 g/mol. The molecule has 9 heteroatoms. The summed E-state index contributed by atoms with van der Waals surface area (Å²) in [6.07, 6.45) is 0.808. The summed E-state index contributed by atoms with van der Waals surface area (Å²) in [4.78, 5) is 44.2. The number of carbonyl (C=O) groups excluding carboxylic acids is 4. The first-order valence-electron chi connectivity index (χ1n) is 11.1. The number of carbonyl (C=O) groups is 4. The van der Waals surface area contributed by atoms with Crippen LogP contribution in [0.4, 0.5) is 0 Å². The van der Waals surface area contributed by atoms with Gasteiger partial charge in [-0.05, 0) is 45.4 Å². The molecule has 0 aromatic heterocycles. The second kappa shape index (κ2) is 24.5. The highest BCUT2D eigenvalue weighted by Gasteiger charge is 2.47. The number of nitrogens with two attached hydrogens (primary N) is 1. The lowest BCUT2D eigenvalue weighted by Crippen LogP contribution is -2.28. The molecule has 9 nitrogen and oxygen atoms in total. The quantitative estimate of drug-likeness (QED) is 0.333. The van der Waals surface area contributed by atoms with Crippen LogP contribution in [-0.4, -0.2) is 58.4 Å². The molecule has 2 atom stereocenters. The van der Waals surface area contributed by atoms with E-state index in [4.69, 9.17) is 19.0 Å². The molecule has 33 heavy (non-hydrogen) atoms. The highest BCUT2D eigenvalue weighted by Crippen LogP contribution is 2.38. The minimum absolute atomic E-state index is 0. The van der Waals surface area contributed by atoms with Crippen LogP contribution in [0.1, 0.15) is 68.7 Å². The maximum absolute atomic E-state index is 11.9. The van der Waals surface area contributed by atoms with E-state index in [2.05, 4.69) is 38.2 Å². The van der Waals surface area contributed by atoms with Crippen LogP contribution in [-0.2, 0) is 38.1 Å². The normalized spacial score (nSPS) is 18.1. The van der Waals surface area contributed by atoms with Crippen LogP contribution in [0.25, 0.3) is 0 Å². The number of esters is 3. The lowest BCUT2D eigenvalue weighted by molar-refractivity contribution is -0.158. The third kappa shape index (κ3) is 19.1. The fourth-order valence-electron chi connectivity index (χ4n) is 2.51. The van der Waals surface area contributed by atoms with Gasteiger partial charge < -0.3 is 24.7 Å². The Hall–Kier alpha value is -2.16. The van der Waals surface area contributed by atoms with E-state index in [1.807, 2.05) is 0 Å². The minimum Gasteiger partial charge on any atom is -0.466 e. The molecular weight excluding hydrogens is 430 g/mol. The number of hydrogen-bond donors (Lipinski definition) is 1. The van der Waals surface area contributed by atoms with Gasteiger partial charge in [0.1, 0.15) is 0 Å². The summed E-state index contributed by atoms with van der Waals surface area (Å²) in [5.74, 6) is -1.25. The van der Waals surface area contributed by atoms with Crippen LogP contribution in [0.5, 0.6) is 0 Å². The first kappa shape index (κ1) is 38.1. The van der Waals surface area contributed by atoms with Crippen LogP contribution < -0.4 is 5.73 Å². The molecule has 0 aromatic carbocycles. The van der Waals surface area contributed by atoms with Crippen molar-refractivity contribution in [3.63, 3.8) is 0 Å². The van der Waals surface area contributed by atoms with Crippen molar-refractivity contribution in [2.75, 3.05) is 34.0 Å². The van der Waals surface area contributed by atoms with Crippen molar-refractivity contribution in [1.82, 2.24) is 0 Å². The Kier molecular flexibility index (Phi) is 28.3. The van der Waals surface area contributed by atoms with Crippen LogP contribution in [0.15, 0.2) is 0 Å². The van der Waals surface area contributed by atoms with Crippen molar-refractivity contribution in [3.8, 4) is 0 Å². The van der Waals surface area contributed by atoms with E-state index in [9.17, 15) is 14.4 Å². The maximum Gasteiger partial charge on any atom is 0.309 e. The molecule has 0 aliphatic heterocycles. The lowest BCUT2D eigenvalue weighted by atomic mass is 9.96. The fourth-order valence-corrected chi connectivity index (χ4v) is 2.51. The molecule has 1 saturated carbocycles. The van der Waals surface area contributed by atoms with Gasteiger partial charge in [-0.2, -0.15) is 0 Å². The van der Waals surface area contributed by atoms with Gasteiger partial charge in [0, 0.05) is 14.2 Å². The third-order valence-electron chi connectivity index (χ3n) is 4.69. The van der Waals surface area contributed by atoms with E-state index < -0.39 is 29.7 Å². The molecule has 0 spiro atoms. The Morgan fingerprint density at radius 2 is 1.03 bits per heavy atom. The number of hydrogen-bond acceptors (Lipinski definition) is 8. The van der Waals surface area contributed by atoms with E-state index >= 15 is 0 Å². The summed E-state index contributed by atoms with van der Waals surface area (Å²) in [6, 6.07) is 0. The van der Waals surface area contributed by atoms with E-state index in [-0.39, 0.29) is 52.5 Å². The Labute approximate surface area is 201 Å². The van der Waals surface area contributed by atoms with Crippen molar-refractivity contribution >= 4 is 24.3 Å². The summed E-state index contributed by atoms with van der Waals surface area (Å²) in [6.45, 7) is 14.9. The Balaban J connectivity index is -0.000000269. The van der Waals surface area contributed by atoms with Gasteiger partial charge in [0.25, 0.3) is 0 Å². The Morgan fingerprint density at radius 1 is 0.788 bits per heavy atom. The highest BCUT2D eigenvalue weighted by atomic mass is 16.5. The van der Waals surface area contributed by atoms with Crippen LogP contribution in [0.2, 0.25) is 0 Å². The third-order valence-corrected chi connectivity index (χ3v) is 4.69. The molecule has 1 aliphatic carbocycles. The zero-order valence-electron chi connectivity index (χ0n) is 21.3. The smallest absolute Gasteiger partial charge is 0.309 e. The van der Waals surface area contributed by atoms with Crippen LogP contribution in [0, 0.1) is 29.6 Å². The maximum atomic E-state index is 11.9. The molecule has 0 saturated heterocycles. The van der Waals surface area contributed by atoms with Gasteiger partial charge in [-0.1, -0.05) is 35.1 Å². The molecule has 1 amide bonds. The predicted molar refractivity (Wildman–Crippen MR) is 129 cm³/mol. The number of amides is 1. The summed E-state index contributed by atoms with van der Waals surface area (Å²) in [7, 11) is 3.25. The summed E-state index contributed by atoms with van der Waals surface area (Å²) >= 11 is 0. The Bertz CT molecular complexity index is 477. The molecule has 2 N–H and O–H groups in total. The summed E-state index contributed by atoms with van der Waals surface area (Å²) < 4.78 is 19.2. The molecule has 0 heterocycles. The zero-order valence-corrected chi connectivity index (χ0v) is 21.3. The van der Waals surface area contributed by atoms with Gasteiger partial charge in [0.05, 0.1) is 37.6 Å². The molecule has 1 rings (SSSR count). The molecule has 0 aromatic rings. The predicted octanol–water partition coefficient (Wildman–Crippen LogP) is 3.62. The topological polar surface area (TPSA) is 131 Å². The van der Waals surface area contributed by atoms with Crippen molar-refractivity contribution in [2.45, 2.75) is 68.7 Å². The zero-order chi connectivity index (χ0) is 25.7. The number of methoxy groups -OCH3 is 1. The van der Waals surface area contributed by atoms with E-state index in [1.165, 1.54) is 0 Å². The average Bonchev–Trinajstić information content (AvgIpc) is 3.16. The van der Waals surface area contributed by atoms with Crippen LogP contribution >= 0.6 is 0 Å². The molecular formula is C24H49NO8. The first-order chi connectivity index (χ1) is 15.0. The standard InChI is InChI=1S/C14H22O6.C6H14.C2H6O.CH3NO.CH4/c1-4-18-12(15)9-7-10(13(16)19-5-2)11(8-9)14(17)20-6-3;1-5(2)6(3)4;1-3-2;2-1-3;/h9-11H,4-8H2,1-3H3;5-6H,1-4H3;1-2H3;1H,(H2,2,3);1H4. The van der Waals surface area contributed by atoms with Gasteiger partial charge in [-0.25, -0.2) is 0 Å². The molecule has 0 radical (unpaired) electrons. The highest BCUT2D eigenvalue weighted by molar-refractivity contribution is 5.85. The van der Waals surface area contributed by atoms with Gasteiger partial charge in [-0.15, -0.1) is 0 Å². The van der Waals surface area contributed by atoms with E-state index in [1.54, 1.807) is 35.0 Å². The minimum atomic E-state index is -0.622. The second-order valence-electron chi connectivity index (χ2n) is 7.67. The molecule has 2 unspecified atom stereocenters. The van der Waals surface area contributed by atoms with E-state index in [0.29, 0.717) is 0 Å². The second-order valence-corrected chi connectivity index (χ2v) is 7.67. The van der Waals surface area contributed by atoms with Gasteiger partial charge >= 0.3 is 17.9 Å². The first-order valence-corrected chi connectivity index (χ1v) is 11.1. The molecule has 1 fully saturated rings. The molecule has 1 aliphatic rings. The van der Waals surface area contributed by atoms with Crippen molar-refractivity contribution < 1.29 is 38.1 Å². The lowest BCUT2D eigenvalue weighted by Gasteiger charge is -2.16. The largest absolute Gasteiger partial charge is 0.466 e. The summed E-state index contributed by atoms with van der Waals surface area (Å²) in [5.41, 5.74) is 4.17. The SMILES string of the molecule is C.CC(C)C(C)C.CCOC(=O)C1CC(C(=O)OCC)C(C(=O)OCC)C1.COC.NC=O. The molecule has 198 valence electrons. The Morgan fingerprint density at radius 3 is 1.24 bits per heavy atom. The summed E-state index contributed by atoms with van der Waals surface area (Å²) in [5, 5.41) is 0. The van der Waals surface area contributed by atoms with Crippen molar-refractivity contribution in [2.24, 2.45) is 35.3 Å². The van der Waals surface area contributed by atoms with Crippen molar-refractivity contribution in [1.29, 1.82) is 0 Å². The van der Waals surface area contributed by atoms with E-state index in [0.717, 1.165) is 11.8 Å². The number of ether oxygens (including phenoxy) is 4. The van der Waals surface area contributed by atoms with Crippen LogP contribution in [0.3, 0.4) is 0 Å². The van der Waals surface area contributed by atoms with Gasteiger partial charge in [0.2, 0.25) is 6.41 Å².